The van der Waals surface area contributed by atoms with E-state index in [-0.39, 0.29) is 30.5 Å². The van der Waals surface area contributed by atoms with Crippen LogP contribution in [0, 0.1) is 11.3 Å². The number of ether oxygens (including phenoxy) is 1. The average Bonchev–Trinajstić information content (AvgIpc) is 2.68. The lowest BCUT2D eigenvalue weighted by atomic mass is 9.76. The van der Waals surface area contributed by atoms with Gasteiger partial charge in [-0.15, -0.1) is 0 Å². The third kappa shape index (κ3) is 3.88. The molecule has 1 N–H and O–H groups in total. The molecule has 0 saturated carbocycles. The topological polar surface area (TPSA) is 56.5 Å². The highest BCUT2D eigenvalue weighted by atomic mass is 19.4. The molecule has 0 amide bonds. The van der Waals surface area contributed by atoms with Gasteiger partial charge in [-0.1, -0.05) is 36.4 Å². The van der Waals surface area contributed by atoms with E-state index in [2.05, 4.69) is 4.90 Å². The van der Waals surface area contributed by atoms with Gasteiger partial charge in [0.05, 0.1) is 36.0 Å². The fourth-order valence-corrected chi connectivity index (χ4v) is 4.50. The lowest BCUT2D eigenvalue weighted by Gasteiger charge is -2.52. The fraction of sp³-hybridized carbons (Fsp3) is 0.409. The third-order valence-corrected chi connectivity index (χ3v) is 5.90. The molecule has 0 spiro atoms. The minimum absolute atomic E-state index is 0.0994. The van der Waals surface area contributed by atoms with Gasteiger partial charge in [-0.3, -0.25) is 4.90 Å². The van der Waals surface area contributed by atoms with E-state index in [0.29, 0.717) is 19.8 Å². The van der Waals surface area contributed by atoms with Gasteiger partial charge in [0.2, 0.25) is 0 Å². The van der Waals surface area contributed by atoms with Gasteiger partial charge in [-0.25, -0.2) is 0 Å². The van der Waals surface area contributed by atoms with Gasteiger partial charge < -0.3 is 9.84 Å². The summed E-state index contributed by atoms with van der Waals surface area (Å²) in [5.41, 5.74) is -1.47. The van der Waals surface area contributed by atoms with Crippen LogP contribution >= 0.6 is 0 Å². The highest BCUT2D eigenvalue weighted by Gasteiger charge is 2.47. The predicted molar refractivity (Wildman–Crippen MR) is 99.7 cm³/mol. The quantitative estimate of drug-likeness (QED) is 0.848. The van der Waals surface area contributed by atoms with Gasteiger partial charge in [0.25, 0.3) is 0 Å². The highest BCUT2D eigenvalue weighted by Crippen LogP contribution is 2.43. The average molecular weight is 402 g/mol. The molecular formula is C22H21F3N2O2. The number of nitriles is 1. The Morgan fingerprint density at radius 3 is 2.34 bits per heavy atom. The van der Waals surface area contributed by atoms with E-state index in [4.69, 9.17) is 10.00 Å². The number of hydrogen-bond donors (Lipinski definition) is 1. The van der Waals surface area contributed by atoms with Crippen LogP contribution in [0.25, 0.3) is 0 Å². The van der Waals surface area contributed by atoms with Crippen LogP contribution in [0.5, 0.6) is 0 Å². The normalized spacial score (nSPS) is 27.4. The first-order chi connectivity index (χ1) is 13.8. The molecule has 2 aromatic carbocycles. The van der Waals surface area contributed by atoms with Gasteiger partial charge in [0.15, 0.2) is 0 Å². The maximum Gasteiger partial charge on any atom is 0.417 e. The molecule has 29 heavy (non-hydrogen) atoms. The summed E-state index contributed by atoms with van der Waals surface area (Å²) >= 11 is 0. The Kier molecular flexibility index (Phi) is 5.11. The van der Waals surface area contributed by atoms with Crippen LogP contribution in [0.2, 0.25) is 0 Å². The molecule has 152 valence electrons. The lowest BCUT2D eigenvalue weighted by Crippen LogP contribution is -2.60. The highest BCUT2D eigenvalue weighted by molar-refractivity contribution is 5.44. The molecule has 2 aliphatic heterocycles. The van der Waals surface area contributed by atoms with E-state index in [1.54, 1.807) is 6.07 Å². The van der Waals surface area contributed by atoms with E-state index >= 15 is 0 Å². The first-order valence-electron chi connectivity index (χ1n) is 9.52. The van der Waals surface area contributed by atoms with Crippen molar-refractivity contribution >= 4 is 0 Å². The zero-order valence-corrected chi connectivity index (χ0v) is 15.7. The molecule has 2 atom stereocenters. The number of benzene rings is 2. The molecule has 2 saturated heterocycles. The molecule has 2 heterocycles. The van der Waals surface area contributed by atoms with E-state index in [9.17, 15) is 18.3 Å². The molecule has 2 aliphatic rings. The van der Waals surface area contributed by atoms with Gasteiger partial charge in [-0.2, -0.15) is 18.4 Å². The van der Waals surface area contributed by atoms with Crippen molar-refractivity contribution in [1.82, 2.24) is 4.90 Å². The van der Waals surface area contributed by atoms with Crippen molar-refractivity contribution in [2.75, 3.05) is 13.2 Å². The lowest BCUT2D eigenvalue weighted by molar-refractivity contribution is -0.150. The Morgan fingerprint density at radius 2 is 1.76 bits per heavy atom. The number of aliphatic hydroxyl groups is 1. The standard InChI is InChI=1S/C22H21F3N2O2/c23-22(24,25)20-8-17(7-6-16(20)11-26)21(28)9-18-13-29-14-19(10-21)27(18)12-15-4-2-1-3-5-15/h1-8,18-19,28H,9-10,12-14H2. The van der Waals surface area contributed by atoms with Crippen molar-refractivity contribution in [3.63, 3.8) is 0 Å². The summed E-state index contributed by atoms with van der Waals surface area (Å²) < 4.78 is 45.8. The number of piperidine rings is 1. The second kappa shape index (κ2) is 7.45. The SMILES string of the molecule is N#Cc1ccc(C2(O)CC3COCC(C2)N3Cc2ccccc2)cc1C(F)(F)F. The molecule has 2 unspecified atom stereocenters. The second-order valence-corrected chi connectivity index (χ2v) is 7.81. The van der Waals surface area contributed by atoms with E-state index in [1.165, 1.54) is 6.07 Å². The summed E-state index contributed by atoms with van der Waals surface area (Å²) in [6, 6.07) is 14.9. The van der Waals surface area contributed by atoms with Gasteiger partial charge in [0.1, 0.15) is 0 Å². The van der Waals surface area contributed by atoms with Crippen LogP contribution in [-0.2, 0) is 23.1 Å². The van der Waals surface area contributed by atoms with Crippen molar-refractivity contribution in [3.05, 3.63) is 70.8 Å². The summed E-state index contributed by atoms with van der Waals surface area (Å²) in [7, 11) is 0. The number of morpholine rings is 1. The van der Waals surface area contributed by atoms with Crippen molar-refractivity contribution in [2.45, 2.75) is 43.2 Å². The summed E-state index contributed by atoms with van der Waals surface area (Å²) in [5.74, 6) is 0. The van der Waals surface area contributed by atoms with Crippen LogP contribution < -0.4 is 0 Å². The summed E-state index contributed by atoms with van der Waals surface area (Å²) in [4.78, 5) is 2.28. The number of halogens is 3. The largest absolute Gasteiger partial charge is 0.417 e. The van der Waals surface area contributed by atoms with E-state index in [0.717, 1.165) is 17.7 Å². The molecule has 2 fully saturated rings. The zero-order valence-electron chi connectivity index (χ0n) is 15.7. The Balaban J connectivity index is 1.63. The molecule has 4 nitrogen and oxygen atoms in total. The number of fused-ring (bicyclic) bond motifs is 2. The zero-order chi connectivity index (χ0) is 20.6. The van der Waals surface area contributed by atoms with Crippen LogP contribution in [0.4, 0.5) is 13.2 Å². The number of rotatable bonds is 3. The van der Waals surface area contributed by atoms with Crippen molar-refractivity contribution in [1.29, 1.82) is 5.26 Å². The fourth-order valence-electron chi connectivity index (χ4n) is 4.50. The van der Waals surface area contributed by atoms with Crippen molar-refractivity contribution in [3.8, 4) is 6.07 Å². The summed E-state index contributed by atoms with van der Waals surface area (Å²) in [6.45, 7) is 1.55. The summed E-state index contributed by atoms with van der Waals surface area (Å²) in [6.07, 6.45) is -4.09. The van der Waals surface area contributed by atoms with Crippen LogP contribution in [0.1, 0.15) is 35.1 Å². The van der Waals surface area contributed by atoms with Crippen LogP contribution in [0.15, 0.2) is 48.5 Å². The van der Waals surface area contributed by atoms with Crippen molar-refractivity contribution in [2.24, 2.45) is 0 Å². The number of nitrogens with zero attached hydrogens (tertiary/aromatic N) is 2. The molecule has 0 radical (unpaired) electrons. The minimum atomic E-state index is -4.65. The number of alkyl halides is 3. The molecule has 4 rings (SSSR count). The predicted octanol–water partition coefficient (Wildman–Crippen LogP) is 3.83. The number of hydrogen-bond acceptors (Lipinski definition) is 4. The molecule has 0 aromatic heterocycles. The molecule has 7 heteroatoms. The third-order valence-electron chi connectivity index (χ3n) is 5.90. The maximum atomic E-state index is 13.4. The van der Waals surface area contributed by atoms with E-state index < -0.39 is 22.9 Å². The summed E-state index contributed by atoms with van der Waals surface area (Å²) in [5, 5.41) is 20.4. The molecule has 2 bridgehead atoms. The Bertz CT molecular complexity index is 910. The molecule has 2 aromatic rings. The molecular weight excluding hydrogens is 381 g/mol. The smallest absolute Gasteiger partial charge is 0.385 e. The van der Waals surface area contributed by atoms with Crippen molar-refractivity contribution < 1.29 is 23.0 Å². The maximum absolute atomic E-state index is 13.4. The monoisotopic (exact) mass is 402 g/mol. The first-order valence-corrected chi connectivity index (χ1v) is 9.52. The van der Waals surface area contributed by atoms with Gasteiger partial charge >= 0.3 is 6.18 Å². The van der Waals surface area contributed by atoms with Crippen LogP contribution in [-0.4, -0.2) is 35.3 Å². The van der Waals surface area contributed by atoms with Crippen LogP contribution in [0.3, 0.4) is 0 Å². The van der Waals surface area contributed by atoms with E-state index in [1.807, 2.05) is 30.3 Å². The second-order valence-electron chi connectivity index (χ2n) is 7.81. The first kappa shape index (κ1) is 19.9. The van der Waals surface area contributed by atoms with Gasteiger partial charge in [0, 0.05) is 18.6 Å². The molecule has 0 aliphatic carbocycles. The Labute approximate surface area is 167 Å². The van der Waals surface area contributed by atoms with Gasteiger partial charge in [-0.05, 0) is 36.1 Å². The Morgan fingerprint density at radius 1 is 1.10 bits per heavy atom. The minimum Gasteiger partial charge on any atom is -0.385 e. The Hall–Kier alpha value is -2.40.